The average Bonchev–Trinajstić information content (AvgIpc) is 2.26. The van der Waals surface area contributed by atoms with Crippen LogP contribution in [0.2, 0.25) is 0 Å². The summed E-state index contributed by atoms with van der Waals surface area (Å²) in [5.74, 6) is 0.119. The van der Waals surface area contributed by atoms with Crippen LogP contribution in [0.3, 0.4) is 0 Å². The molecule has 3 nitrogen and oxygen atoms in total. The summed E-state index contributed by atoms with van der Waals surface area (Å²) < 4.78 is 18.9. The smallest absolute Gasteiger partial charge is 0.130 e. The molecule has 0 aliphatic rings. The lowest BCUT2D eigenvalue weighted by molar-refractivity contribution is 0.185. The number of aliphatic hydroxyl groups excluding tert-OH is 1. The van der Waals surface area contributed by atoms with Gasteiger partial charge in [0.15, 0.2) is 0 Å². The minimum absolute atomic E-state index is 0.0269. The van der Waals surface area contributed by atoms with E-state index in [0.717, 1.165) is 0 Å². The predicted octanol–water partition coefficient (Wildman–Crippen LogP) is 1.95. The Hall–Kier alpha value is -1.13. The second-order valence-electron chi connectivity index (χ2n) is 4.02. The molecule has 1 atom stereocenters. The standard InChI is InChI=1S/C12H18FNO2/c1-7(2)12-9(13)4-8(10(15)6-14)5-11(12)16-3/h4-5,7,10,15H,6,14H2,1-3H3. The molecule has 0 spiro atoms. The summed E-state index contributed by atoms with van der Waals surface area (Å²) in [6.07, 6.45) is -0.857. The van der Waals surface area contributed by atoms with Crippen molar-refractivity contribution in [1.82, 2.24) is 0 Å². The summed E-state index contributed by atoms with van der Waals surface area (Å²) in [5, 5.41) is 9.56. The lowest BCUT2D eigenvalue weighted by Gasteiger charge is -2.16. The number of aliphatic hydroxyl groups is 1. The summed E-state index contributed by atoms with van der Waals surface area (Å²) in [7, 11) is 1.49. The SMILES string of the molecule is COc1cc(C(O)CN)cc(F)c1C(C)C. The highest BCUT2D eigenvalue weighted by Gasteiger charge is 2.17. The molecule has 0 aliphatic carbocycles. The van der Waals surface area contributed by atoms with E-state index < -0.39 is 6.10 Å². The van der Waals surface area contributed by atoms with Crippen LogP contribution in [0, 0.1) is 5.82 Å². The Morgan fingerprint density at radius 1 is 1.44 bits per heavy atom. The summed E-state index contributed by atoms with van der Waals surface area (Å²) in [4.78, 5) is 0. The molecule has 0 saturated carbocycles. The van der Waals surface area contributed by atoms with Crippen molar-refractivity contribution in [3.63, 3.8) is 0 Å². The number of hydrogen-bond acceptors (Lipinski definition) is 3. The highest BCUT2D eigenvalue weighted by Crippen LogP contribution is 2.32. The molecule has 90 valence electrons. The maximum atomic E-state index is 13.8. The first kappa shape index (κ1) is 12.9. The molecule has 3 N–H and O–H groups in total. The van der Waals surface area contributed by atoms with Crippen LogP contribution in [0.15, 0.2) is 12.1 Å². The molecule has 0 aromatic heterocycles. The topological polar surface area (TPSA) is 55.5 Å². The summed E-state index contributed by atoms with van der Waals surface area (Å²) in [5.41, 5.74) is 6.30. The largest absolute Gasteiger partial charge is 0.496 e. The van der Waals surface area contributed by atoms with Crippen LogP contribution in [0.25, 0.3) is 0 Å². The van der Waals surface area contributed by atoms with Gasteiger partial charge in [0.2, 0.25) is 0 Å². The zero-order valence-electron chi connectivity index (χ0n) is 9.83. The van der Waals surface area contributed by atoms with Crippen molar-refractivity contribution in [2.75, 3.05) is 13.7 Å². The monoisotopic (exact) mass is 227 g/mol. The highest BCUT2D eigenvalue weighted by molar-refractivity contribution is 5.41. The lowest BCUT2D eigenvalue weighted by Crippen LogP contribution is -2.12. The Morgan fingerprint density at radius 3 is 2.50 bits per heavy atom. The zero-order valence-corrected chi connectivity index (χ0v) is 9.83. The van der Waals surface area contributed by atoms with Gasteiger partial charge in [0.05, 0.1) is 13.2 Å². The van der Waals surface area contributed by atoms with E-state index in [1.54, 1.807) is 6.07 Å². The number of halogens is 1. The first-order valence-electron chi connectivity index (χ1n) is 5.26. The minimum atomic E-state index is -0.857. The molecule has 16 heavy (non-hydrogen) atoms. The fourth-order valence-corrected chi connectivity index (χ4v) is 1.67. The number of benzene rings is 1. The maximum absolute atomic E-state index is 13.8. The Bertz CT molecular complexity index is 366. The molecule has 0 bridgehead atoms. The molecule has 0 saturated heterocycles. The molecular formula is C12H18FNO2. The third-order valence-electron chi connectivity index (χ3n) is 2.52. The number of rotatable bonds is 4. The Balaban J connectivity index is 3.26. The van der Waals surface area contributed by atoms with Gasteiger partial charge < -0.3 is 15.6 Å². The van der Waals surface area contributed by atoms with E-state index in [2.05, 4.69) is 0 Å². The van der Waals surface area contributed by atoms with E-state index in [4.69, 9.17) is 10.5 Å². The fourth-order valence-electron chi connectivity index (χ4n) is 1.67. The number of ether oxygens (including phenoxy) is 1. The van der Waals surface area contributed by atoms with Gasteiger partial charge in [-0.05, 0) is 23.6 Å². The molecule has 0 heterocycles. The normalized spacial score (nSPS) is 12.9. The van der Waals surface area contributed by atoms with Crippen molar-refractivity contribution in [3.05, 3.63) is 29.1 Å². The highest BCUT2D eigenvalue weighted by atomic mass is 19.1. The van der Waals surface area contributed by atoms with Crippen LogP contribution in [-0.4, -0.2) is 18.8 Å². The van der Waals surface area contributed by atoms with E-state index in [0.29, 0.717) is 16.9 Å². The molecule has 0 aliphatic heterocycles. The Morgan fingerprint density at radius 2 is 2.06 bits per heavy atom. The number of hydrogen-bond donors (Lipinski definition) is 2. The van der Waals surface area contributed by atoms with Crippen molar-refractivity contribution in [2.45, 2.75) is 25.9 Å². The second kappa shape index (κ2) is 5.27. The molecule has 4 heteroatoms. The molecule has 1 aromatic carbocycles. The number of methoxy groups -OCH3 is 1. The number of nitrogens with two attached hydrogens (primary N) is 1. The first-order valence-corrected chi connectivity index (χ1v) is 5.26. The third kappa shape index (κ3) is 2.51. The van der Waals surface area contributed by atoms with Gasteiger partial charge in [-0.3, -0.25) is 0 Å². The van der Waals surface area contributed by atoms with E-state index in [-0.39, 0.29) is 18.3 Å². The molecule has 1 rings (SSSR count). The minimum Gasteiger partial charge on any atom is -0.496 e. The molecule has 1 unspecified atom stereocenters. The zero-order chi connectivity index (χ0) is 12.3. The molecule has 0 amide bonds. The van der Waals surface area contributed by atoms with Gasteiger partial charge in [-0.15, -0.1) is 0 Å². The van der Waals surface area contributed by atoms with E-state index >= 15 is 0 Å². The fraction of sp³-hybridized carbons (Fsp3) is 0.500. The van der Waals surface area contributed by atoms with Crippen LogP contribution in [0.1, 0.15) is 37.0 Å². The van der Waals surface area contributed by atoms with E-state index in [9.17, 15) is 9.50 Å². The van der Waals surface area contributed by atoms with Gasteiger partial charge in [0.1, 0.15) is 11.6 Å². The van der Waals surface area contributed by atoms with Gasteiger partial charge in [0.25, 0.3) is 0 Å². The van der Waals surface area contributed by atoms with Crippen molar-refractivity contribution < 1.29 is 14.2 Å². The molecular weight excluding hydrogens is 209 g/mol. The van der Waals surface area contributed by atoms with Crippen molar-refractivity contribution in [3.8, 4) is 5.75 Å². The van der Waals surface area contributed by atoms with Crippen molar-refractivity contribution >= 4 is 0 Å². The van der Waals surface area contributed by atoms with Gasteiger partial charge in [-0.25, -0.2) is 4.39 Å². The maximum Gasteiger partial charge on any atom is 0.130 e. The predicted molar refractivity (Wildman–Crippen MR) is 61.1 cm³/mol. The van der Waals surface area contributed by atoms with E-state index in [1.165, 1.54) is 13.2 Å². The third-order valence-corrected chi connectivity index (χ3v) is 2.52. The van der Waals surface area contributed by atoms with Crippen LogP contribution in [-0.2, 0) is 0 Å². The molecule has 0 radical (unpaired) electrons. The first-order chi connectivity index (χ1) is 7.51. The van der Waals surface area contributed by atoms with Crippen molar-refractivity contribution in [1.29, 1.82) is 0 Å². The Kier molecular flexibility index (Phi) is 4.26. The lowest BCUT2D eigenvalue weighted by atomic mass is 9.97. The summed E-state index contributed by atoms with van der Waals surface area (Å²) >= 11 is 0. The Labute approximate surface area is 95.0 Å². The van der Waals surface area contributed by atoms with Crippen molar-refractivity contribution in [2.24, 2.45) is 5.73 Å². The van der Waals surface area contributed by atoms with Gasteiger partial charge >= 0.3 is 0 Å². The quantitative estimate of drug-likeness (QED) is 0.826. The van der Waals surface area contributed by atoms with Crippen LogP contribution in [0.5, 0.6) is 5.75 Å². The van der Waals surface area contributed by atoms with E-state index in [1.807, 2.05) is 13.8 Å². The van der Waals surface area contributed by atoms with Gasteiger partial charge in [-0.2, -0.15) is 0 Å². The van der Waals surface area contributed by atoms with Crippen LogP contribution >= 0.6 is 0 Å². The summed E-state index contributed by atoms with van der Waals surface area (Å²) in [6, 6.07) is 2.95. The average molecular weight is 227 g/mol. The van der Waals surface area contributed by atoms with Gasteiger partial charge in [-0.1, -0.05) is 13.8 Å². The summed E-state index contributed by atoms with van der Waals surface area (Å²) in [6.45, 7) is 3.84. The van der Waals surface area contributed by atoms with Gasteiger partial charge in [0, 0.05) is 12.1 Å². The van der Waals surface area contributed by atoms with Crippen LogP contribution in [0.4, 0.5) is 4.39 Å². The molecule has 1 aromatic rings. The van der Waals surface area contributed by atoms with Crippen LogP contribution < -0.4 is 10.5 Å². The molecule has 0 fully saturated rings. The second-order valence-corrected chi connectivity index (χ2v) is 4.02.